The fourth-order valence-electron chi connectivity index (χ4n) is 2.70. The largest absolute Gasteiger partial charge is 0.309 e. The molecule has 2 saturated carbocycles. The van der Waals surface area contributed by atoms with Gasteiger partial charge < -0.3 is 5.32 Å². The van der Waals surface area contributed by atoms with Crippen molar-refractivity contribution in [3.8, 4) is 0 Å². The Bertz CT molecular complexity index is 153. The van der Waals surface area contributed by atoms with Crippen molar-refractivity contribution >= 4 is 0 Å². The first-order valence-electron chi connectivity index (χ1n) is 6.06. The van der Waals surface area contributed by atoms with Crippen LogP contribution in [0.4, 0.5) is 0 Å². The van der Waals surface area contributed by atoms with E-state index in [0.717, 1.165) is 6.04 Å². The molecule has 0 aromatic rings. The Balaban J connectivity index is 1.84. The third-order valence-corrected chi connectivity index (χ3v) is 3.86. The molecule has 2 fully saturated rings. The summed E-state index contributed by atoms with van der Waals surface area (Å²) < 4.78 is 0. The van der Waals surface area contributed by atoms with Crippen LogP contribution < -0.4 is 5.32 Å². The lowest BCUT2D eigenvalue weighted by Crippen LogP contribution is -2.50. The Hall–Kier alpha value is -0.0400. The second-order valence-corrected chi connectivity index (χ2v) is 5.25. The van der Waals surface area contributed by atoms with E-state index >= 15 is 0 Å². The first-order chi connectivity index (χ1) is 6.29. The number of nitrogens with one attached hydrogen (secondary N) is 1. The van der Waals surface area contributed by atoms with E-state index < -0.39 is 0 Å². The lowest BCUT2D eigenvalue weighted by atomic mass is 9.86. The molecular formula is C12H23N. The minimum atomic E-state index is 0.488. The van der Waals surface area contributed by atoms with Crippen LogP contribution in [0, 0.1) is 0 Å². The Morgan fingerprint density at radius 3 is 2.00 bits per heavy atom. The molecule has 0 aliphatic heterocycles. The summed E-state index contributed by atoms with van der Waals surface area (Å²) in [5.41, 5.74) is 0.488. The van der Waals surface area contributed by atoms with E-state index in [4.69, 9.17) is 0 Å². The summed E-state index contributed by atoms with van der Waals surface area (Å²) >= 11 is 0. The van der Waals surface area contributed by atoms with Crippen molar-refractivity contribution in [2.24, 2.45) is 0 Å². The Kier molecular flexibility index (Phi) is 2.92. The van der Waals surface area contributed by atoms with Crippen molar-refractivity contribution in [3.05, 3.63) is 0 Å². The van der Waals surface area contributed by atoms with Gasteiger partial charge >= 0.3 is 0 Å². The predicted octanol–water partition coefficient (Wildman–Crippen LogP) is 3.24. The predicted molar refractivity (Wildman–Crippen MR) is 56.9 cm³/mol. The average Bonchev–Trinajstić information content (AvgIpc) is 2.24. The van der Waals surface area contributed by atoms with Crippen LogP contribution in [0.15, 0.2) is 0 Å². The molecule has 0 atom stereocenters. The van der Waals surface area contributed by atoms with Gasteiger partial charge in [-0.3, -0.25) is 0 Å². The van der Waals surface area contributed by atoms with Crippen molar-refractivity contribution in [2.45, 2.75) is 76.3 Å². The van der Waals surface area contributed by atoms with Gasteiger partial charge in [-0.1, -0.05) is 32.1 Å². The second-order valence-electron chi connectivity index (χ2n) is 5.25. The van der Waals surface area contributed by atoms with Crippen LogP contribution in [0.2, 0.25) is 0 Å². The monoisotopic (exact) mass is 181 g/mol. The fraction of sp³-hybridized carbons (Fsp3) is 1.00. The van der Waals surface area contributed by atoms with Gasteiger partial charge in [0.2, 0.25) is 0 Å². The zero-order valence-corrected chi connectivity index (χ0v) is 8.94. The summed E-state index contributed by atoms with van der Waals surface area (Å²) in [7, 11) is 0. The Morgan fingerprint density at radius 2 is 1.54 bits per heavy atom. The van der Waals surface area contributed by atoms with Gasteiger partial charge in [-0.25, -0.2) is 0 Å². The molecule has 0 radical (unpaired) electrons. The second kappa shape index (κ2) is 4.00. The molecule has 0 spiro atoms. The Morgan fingerprint density at radius 1 is 0.923 bits per heavy atom. The molecule has 1 nitrogen and oxygen atoms in total. The average molecular weight is 181 g/mol. The molecule has 0 saturated heterocycles. The molecule has 0 aromatic carbocycles. The highest BCUT2D eigenvalue weighted by molar-refractivity contribution is 4.90. The minimum absolute atomic E-state index is 0.488. The number of hydrogen-bond donors (Lipinski definition) is 1. The molecule has 1 heteroatoms. The molecule has 76 valence electrons. The van der Waals surface area contributed by atoms with E-state index in [-0.39, 0.29) is 0 Å². The van der Waals surface area contributed by atoms with Crippen LogP contribution in [0.5, 0.6) is 0 Å². The van der Waals surface area contributed by atoms with Crippen molar-refractivity contribution in [1.82, 2.24) is 5.32 Å². The van der Waals surface area contributed by atoms with E-state index in [1.54, 1.807) is 0 Å². The molecule has 0 amide bonds. The molecule has 0 heterocycles. The molecule has 0 unspecified atom stereocenters. The van der Waals surface area contributed by atoms with Gasteiger partial charge in [0.15, 0.2) is 0 Å². The normalized spacial score (nSPS) is 29.3. The zero-order chi connectivity index (χ0) is 9.15. The van der Waals surface area contributed by atoms with E-state index in [9.17, 15) is 0 Å². The number of hydrogen-bond acceptors (Lipinski definition) is 1. The standard InChI is InChI=1S/C12H23N/c1-12(13-11-7-6-8-11)9-4-2-3-5-10-12/h11,13H,2-10H2,1H3. The summed E-state index contributed by atoms with van der Waals surface area (Å²) in [6, 6.07) is 0.864. The minimum Gasteiger partial charge on any atom is -0.309 e. The van der Waals surface area contributed by atoms with E-state index in [1.165, 1.54) is 57.8 Å². The molecule has 2 rings (SSSR count). The van der Waals surface area contributed by atoms with Crippen LogP contribution in [0.3, 0.4) is 0 Å². The zero-order valence-electron chi connectivity index (χ0n) is 8.94. The summed E-state index contributed by atoms with van der Waals surface area (Å²) in [6.45, 7) is 2.44. The van der Waals surface area contributed by atoms with Gasteiger partial charge in [-0.2, -0.15) is 0 Å². The molecule has 2 aliphatic carbocycles. The van der Waals surface area contributed by atoms with Crippen LogP contribution in [0.1, 0.15) is 64.7 Å². The highest BCUT2D eigenvalue weighted by atomic mass is 15.0. The van der Waals surface area contributed by atoms with Gasteiger partial charge in [0.05, 0.1) is 0 Å². The van der Waals surface area contributed by atoms with E-state index in [2.05, 4.69) is 12.2 Å². The maximum absolute atomic E-state index is 3.87. The molecule has 0 aromatic heterocycles. The summed E-state index contributed by atoms with van der Waals surface area (Å²) in [5, 5.41) is 3.87. The van der Waals surface area contributed by atoms with Crippen molar-refractivity contribution in [1.29, 1.82) is 0 Å². The Labute approximate surface area is 82.3 Å². The van der Waals surface area contributed by atoms with Gasteiger partial charge in [0.25, 0.3) is 0 Å². The van der Waals surface area contributed by atoms with Crippen LogP contribution in [-0.4, -0.2) is 11.6 Å². The summed E-state index contributed by atoms with van der Waals surface area (Å²) in [5.74, 6) is 0. The molecular weight excluding hydrogens is 158 g/mol. The molecule has 13 heavy (non-hydrogen) atoms. The highest BCUT2D eigenvalue weighted by Crippen LogP contribution is 2.30. The lowest BCUT2D eigenvalue weighted by Gasteiger charge is -2.38. The van der Waals surface area contributed by atoms with Gasteiger partial charge in [-0.05, 0) is 32.6 Å². The summed E-state index contributed by atoms with van der Waals surface area (Å²) in [4.78, 5) is 0. The molecule has 0 bridgehead atoms. The van der Waals surface area contributed by atoms with Crippen molar-refractivity contribution in [3.63, 3.8) is 0 Å². The van der Waals surface area contributed by atoms with Gasteiger partial charge in [0.1, 0.15) is 0 Å². The third-order valence-electron chi connectivity index (χ3n) is 3.86. The van der Waals surface area contributed by atoms with Gasteiger partial charge in [-0.15, -0.1) is 0 Å². The van der Waals surface area contributed by atoms with Crippen LogP contribution in [0.25, 0.3) is 0 Å². The van der Waals surface area contributed by atoms with Crippen LogP contribution in [-0.2, 0) is 0 Å². The van der Waals surface area contributed by atoms with Crippen molar-refractivity contribution < 1.29 is 0 Å². The third kappa shape index (κ3) is 2.46. The summed E-state index contributed by atoms with van der Waals surface area (Å²) in [6.07, 6.45) is 12.9. The molecule has 2 aliphatic rings. The topological polar surface area (TPSA) is 12.0 Å². The van der Waals surface area contributed by atoms with Crippen molar-refractivity contribution in [2.75, 3.05) is 0 Å². The maximum Gasteiger partial charge on any atom is 0.0155 e. The maximum atomic E-state index is 3.87. The van der Waals surface area contributed by atoms with Crippen LogP contribution >= 0.6 is 0 Å². The van der Waals surface area contributed by atoms with E-state index in [1.807, 2.05) is 0 Å². The number of rotatable bonds is 2. The van der Waals surface area contributed by atoms with E-state index in [0.29, 0.717) is 5.54 Å². The lowest BCUT2D eigenvalue weighted by molar-refractivity contribution is 0.218. The SMILES string of the molecule is CC1(NC2CCC2)CCCCCC1. The quantitative estimate of drug-likeness (QED) is 0.645. The van der Waals surface area contributed by atoms with Gasteiger partial charge in [0, 0.05) is 11.6 Å². The highest BCUT2D eigenvalue weighted by Gasteiger charge is 2.30. The molecule has 1 N–H and O–H groups in total. The first kappa shape index (κ1) is 9.51. The smallest absolute Gasteiger partial charge is 0.0155 e. The fourth-order valence-corrected chi connectivity index (χ4v) is 2.70. The first-order valence-corrected chi connectivity index (χ1v) is 6.06.